The number of aliphatic hydroxyl groups is 1. The van der Waals surface area contributed by atoms with Gasteiger partial charge in [0.05, 0.1) is 11.6 Å². The van der Waals surface area contributed by atoms with Crippen LogP contribution in [0.25, 0.3) is 0 Å². The van der Waals surface area contributed by atoms with Crippen LogP contribution in [0.15, 0.2) is 53.6 Å². The van der Waals surface area contributed by atoms with Gasteiger partial charge < -0.3 is 19.8 Å². The summed E-state index contributed by atoms with van der Waals surface area (Å²) in [5.41, 5.74) is -0.145. The van der Waals surface area contributed by atoms with Crippen molar-refractivity contribution in [1.29, 1.82) is 0 Å². The van der Waals surface area contributed by atoms with Crippen LogP contribution in [0.2, 0.25) is 0 Å². The molecule has 1 saturated heterocycles. The first-order chi connectivity index (χ1) is 14.4. The highest BCUT2D eigenvalue weighted by Crippen LogP contribution is 2.31. The number of hydrogen-bond acceptors (Lipinski definition) is 6. The lowest BCUT2D eigenvalue weighted by Gasteiger charge is -2.40. The summed E-state index contributed by atoms with van der Waals surface area (Å²) in [6.07, 6.45) is 4.58. The van der Waals surface area contributed by atoms with E-state index >= 15 is 0 Å². The van der Waals surface area contributed by atoms with E-state index in [9.17, 15) is 15.0 Å². The van der Waals surface area contributed by atoms with Crippen LogP contribution in [0.4, 0.5) is 0 Å². The molecule has 0 radical (unpaired) electrons. The number of hydrazone groups is 1. The van der Waals surface area contributed by atoms with Crippen LogP contribution in [-0.2, 0) is 0 Å². The van der Waals surface area contributed by atoms with Gasteiger partial charge in [0.15, 0.2) is 0 Å². The highest BCUT2D eigenvalue weighted by molar-refractivity contribution is 5.94. The second-order valence-corrected chi connectivity index (χ2v) is 8.10. The third-order valence-electron chi connectivity index (χ3n) is 5.94. The number of nitrogens with zero attached hydrogens (tertiary/aromatic N) is 3. The molecule has 2 aromatic rings. The number of benzene rings is 2. The first-order valence-electron chi connectivity index (χ1n) is 10.3. The Morgan fingerprint density at radius 1 is 1.10 bits per heavy atom. The largest absolute Gasteiger partial charge is 0.508 e. The van der Waals surface area contributed by atoms with Gasteiger partial charge in [0.25, 0.3) is 5.91 Å². The highest BCUT2D eigenvalue weighted by Gasteiger charge is 2.37. The van der Waals surface area contributed by atoms with E-state index in [0.717, 1.165) is 6.42 Å². The Labute approximate surface area is 176 Å². The van der Waals surface area contributed by atoms with Gasteiger partial charge in [-0.25, -0.2) is 0 Å². The Morgan fingerprint density at radius 2 is 1.70 bits per heavy atom. The first kappa shape index (κ1) is 20.2. The first-order valence-corrected chi connectivity index (χ1v) is 10.3. The van der Waals surface area contributed by atoms with Crippen LogP contribution in [0.1, 0.15) is 36.0 Å². The number of rotatable bonds is 5. The van der Waals surface area contributed by atoms with Gasteiger partial charge in [0.1, 0.15) is 17.2 Å². The van der Waals surface area contributed by atoms with Crippen molar-refractivity contribution in [3.63, 3.8) is 0 Å². The minimum Gasteiger partial charge on any atom is -0.508 e. The molecular weight excluding hydrogens is 382 g/mol. The summed E-state index contributed by atoms with van der Waals surface area (Å²) in [5, 5.41) is 26.5. The number of ether oxygens (including phenoxy) is 1. The summed E-state index contributed by atoms with van der Waals surface area (Å²) in [4.78, 5) is 14.7. The number of phenolic OH excluding ortho intramolecular Hbond substituents is 1. The number of phenols is 1. The van der Waals surface area contributed by atoms with E-state index in [4.69, 9.17) is 4.74 Å². The standard InChI is InChI=1S/C23H27N3O4/c1-25-18(10-13-24-25)16-23(29)11-14-26(15-12-23)22(28)17-2-6-20(7-3-17)30-21-8-4-19(27)5-9-21/h2-9,13,18,27,29H,10-12,14-16H2,1H3. The average Bonchev–Trinajstić information content (AvgIpc) is 3.14. The van der Waals surface area contributed by atoms with Crippen molar-refractivity contribution in [3.05, 3.63) is 54.1 Å². The van der Waals surface area contributed by atoms with E-state index in [-0.39, 0.29) is 17.7 Å². The van der Waals surface area contributed by atoms with E-state index in [1.165, 1.54) is 0 Å². The van der Waals surface area contributed by atoms with E-state index in [1.54, 1.807) is 53.4 Å². The smallest absolute Gasteiger partial charge is 0.253 e. The number of amides is 1. The molecule has 0 aromatic heterocycles. The Bertz CT molecular complexity index is 903. The predicted octanol–water partition coefficient (Wildman–Crippen LogP) is 3.23. The van der Waals surface area contributed by atoms with Crippen LogP contribution in [0, 0.1) is 0 Å². The van der Waals surface area contributed by atoms with Crippen molar-refractivity contribution < 1.29 is 19.7 Å². The third-order valence-corrected chi connectivity index (χ3v) is 5.94. The molecular formula is C23H27N3O4. The zero-order chi connectivity index (χ0) is 21.1. The predicted molar refractivity (Wildman–Crippen MR) is 114 cm³/mol. The number of carbonyl (C=O) groups is 1. The number of likely N-dealkylation sites (tertiary alicyclic amines) is 1. The van der Waals surface area contributed by atoms with Crippen molar-refractivity contribution in [2.45, 2.75) is 37.3 Å². The maximum absolute atomic E-state index is 12.9. The van der Waals surface area contributed by atoms with Gasteiger partial charge in [-0.3, -0.25) is 9.80 Å². The van der Waals surface area contributed by atoms with Gasteiger partial charge in [-0.2, -0.15) is 5.10 Å². The maximum Gasteiger partial charge on any atom is 0.253 e. The van der Waals surface area contributed by atoms with Gasteiger partial charge in [-0.1, -0.05) is 0 Å². The summed E-state index contributed by atoms with van der Waals surface area (Å²) < 4.78 is 5.73. The zero-order valence-corrected chi connectivity index (χ0v) is 17.1. The summed E-state index contributed by atoms with van der Waals surface area (Å²) in [7, 11) is 1.94. The molecule has 2 aliphatic rings. The maximum atomic E-state index is 12.9. The molecule has 1 unspecified atom stereocenters. The van der Waals surface area contributed by atoms with Crippen molar-refractivity contribution in [3.8, 4) is 17.2 Å². The molecule has 0 aliphatic carbocycles. The summed E-state index contributed by atoms with van der Waals surface area (Å²) >= 11 is 0. The molecule has 0 bridgehead atoms. The van der Waals surface area contributed by atoms with Gasteiger partial charge >= 0.3 is 0 Å². The molecule has 1 amide bonds. The van der Waals surface area contributed by atoms with Crippen LogP contribution in [0.5, 0.6) is 17.2 Å². The molecule has 2 N–H and O–H groups in total. The van der Waals surface area contributed by atoms with Crippen molar-refractivity contribution >= 4 is 12.1 Å². The monoisotopic (exact) mass is 409 g/mol. The van der Waals surface area contributed by atoms with Crippen LogP contribution < -0.4 is 4.74 Å². The van der Waals surface area contributed by atoms with Gasteiger partial charge in [-0.15, -0.1) is 0 Å². The van der Waals surface area contributed by atoms with Crippen LogP contribution >= 0.6 is 0 Å². The van der Waals surface area contributed by atoms with E-state index < -0.39 is 5.60 Å². The number of aromatic hydroxyl groups is 1. The Morgan fingerprint density at radius 3 is 2.27 bits per heavy atom. The molecule has 1 atom stereocenters. The summed E-state index contributed by atoms with van der Waals surface area (Å²) in [5.74, 6) is 1.38. The van der Waals surface area contributed by atoms with E-state index in [0.29, 0.717) is 49.4 Å². The molecule has 2 heterocycles. The van der Waals surface area contributed by atoms with Crippen LogP contribution in [0.3, 0.4) is 0 Å². The third kappa shape index (κ3) is 4.57. The molecule has 30 heavy (non-hydrogen) atoms. The van der Waals surface area contributed by atoms with Gasteiger partial charge in [0, 0.05) is 38.3 Å². The van der Waals surface area contributed by atoms with Gasteiger partial charge in [-0.05, 0) is 67.8 Å². The lowest BCUT2D eigenvalue weighted by molar-refractivity contribution is -0.0368. The van der Waals surface area contributed by atoms with Crippen molar-refractivity contribution in [2.24, 2.45) is 5.10 Å². The molecule has 7 heteroatoms. The number of piperidine rings is 1. The summed E-state index contributed by atoms with van der Waals surface area (Å²) in [6.45, 7) is 1.08. The number of carbonyl (C=O) groups excluding carboxylic acids is 1. The quantitative estimate of drug-likeness (QED) is 0.792. The Hall–Kier alpha value is -3.06. The fourth-order valence-electron chi connectivity index (χ4n) is 4.03. The van der Waals surface area contributed by atoms with Gasteiger partial charge in [0.2, 0.25) is 0 Å². The highest BCUT2D eigenvalue weighted by atomic mass is 16.5. The minimum absolute atomic E-state index is 0.0328. The molecule has 2 aromatic carbocycles. The fourth-order valence-corrected chi connectivity index (χ4v) is 4.03. The van der Waals surface area contributed by atoms with Crippen LogP contribution in [-0.4, -0.2) is 64.0 Å². The zero-order valence-electron chi connectivity index (χ0n) is 17.1. The molecule has 1 fully saturated rings. The van der Waals surface area contributed by atoms with Crippen molar-refractivity contribution in [2.75, 3.05) is 20.1 Å². The molecule has 7 nitrogen and oxygen atoms in total. The lowest BCUT2D eigenvalue weighted by atomic mass is 9.84. The van der Waals surface area contributed by atoms with E-state index in [1.807, 2.05) is 18.3 Å². The second-order valence-electron chi connectivity index (χ2n) is 8.10. The SMILES string of the molecule is CN1N=CCC1CC1(O)CCN(C(=O)c2ccc(Oc3ccc(O)cc3)cc2)CC1. The van der Waals surface area contributed by atoms with E-state index in [2.05, 4.69) is 5.10 Å². The van der Waals surface area contributed by atoms with Crippen molar-refractivity contribution in [1.82, 2.24) is 9.91 Å². The molecule has 4 rings (SSSR count). The average molecular weight is 409 g/mol. The second kappa shape index (κ2) is 8.36. The Balaban J connectivity index is 1.32. The normalized spacial score (nSPS) is 20.4. The Kier molecular flexibility index (Phi) is 5.63. The minimum atomic E-state index is -0.745. The molecule has 0 spiro atoms. The number of hydrogen-bond donors (Lipinski definition) is 2. The molecule has 2 aliphatic heterocycles. The fraction of sp³-hybridized carbons (Fsp3) is 0.391. The summed E-state index contributed by atoms with van der Waals surface area (Å²) in [6, 6.07) is 13.7. The molecule has 158 valence electrons. The molecule has 0 saturated carbocycles. The topological polar surface area (TPSA) is 85.6 Å². The lowest BCUT2D eigenvalue weighted by Crippen LogP contribution is -2.49.